The molecule has 0 atom stereocenters. The SMILES string of the molecule is CCC(=O)c1ccc2c(c1)CN(CCCSc1nnc(-c3cccn3C)n1C)CC2. The van der Waals surface area contributed by atoms with Crippen LogP contribution in [0.25, 0.3) is 11.5 Å². The maximum Gasteiger partial charge on any atom is 0.191 e. The lowest BCUT2D eigenvalue weighted by Crippen LogP contribution is -2.31. The smallest absolute Gasteiger partial charge is 0.191 e. The van der Waals surface area contributed by atoms with Gasteiger partial charge < -0.3 is 9.13 Å². The van der Waals surface area contributed by atoms with Crippen molar-refractivity contribution in [1.82, 2.24) is 24.2 Å². The highest BCUT2D eigenvalue weighted by Crippen LogP contribution is 2.24. The van der Waals surface area contributed by atoms with Gasteiger partial charge in [-0.2, -0.15) is 0 Å². The van der Waals surface area contributed by atoms with Gasteiger partial charge in [0.15, 0.2) is 16.8 Å². The minimum atomic E-state index is 0.227. The van der Waals surface area contributed by atoms with Crippen LogP contribution in [-0.4, -0.2) is 48.9 Å². The van der Waals surface area contributed by atoms with Crippen molar-refractivity contribution < 1.29 is 4.79 Å². The van der Waals surface area contributed by atoms with Gasteiger partial charge in [-0.1, -0.05) is 30.8 Å². The molecule has 158 valence electrons. The van der Waals surface area contributed by atoms with Crippen molar-refractivity contribution in [2.75, 3.05) is 18.8 Å². The molecule has 30 heavy (non-hydrogen) atoms. The van der Waals surface area contributed by atoms with Crippen LogP contribution >= 0.6 is 11.8 Å². The second-order valence-electron chi connectivity index (χ2n) is 7.86. The Labute approximate surface area is 182 Å². The van der Waals surface area contributed by atoms with Crippen molar-refractivity contribution in [3.8, 4) is 11.5 Å². The van der Waals surface area contributed by atoms with Gasteiger partial charge in [0.1, 0.15) is 0 Å². The molecule has 0 spiro atoms. The summed E-state index contributed by atoms with van der Waals surface area (Å²) >= 11 is 1.76. The van der Waals surface area contributed by atoms with Gasteiger partial charge in [-0.05, 0) is 48.7 Å². The second kappa shape index (κ2) is 9.18. The molecule has 0 aliphatic carbocycles. The first-order valence-corrected chi connectivity index (χ1v) is 11.6. The minimum absolute atomic E-state index is 0.227. The van der Waals surface area contributed by atoms with E-state index in [1.807, 2.05) is 39.3 Å². The molecular weight excluding hydrogens is 394 g/mol. The first-order valence-electron chi connectivity index (χ1n) is 10.6. The monoisotopic (exact) mass is 423 g/mol. The largest absolute Gasteiger partial charge is 0.348 e. The fourth-order valence-corrected chi connectivity index (χ4v) is 4.83. The molecule has 2 aromatic heterocycles. The molecule has 1 aliphatic heterocycles. The first kappa shape index (κ1) is 20.9. The van der Waals surface area contributed by atoms with E-state index in [0.29, 0.717) is 6.42 Å². The lowest BCUT2D eigenvalue weighted by molar-refractivity contribution is 0.0988. The number of hydrogen-bond donors (Lipinski definition) is 0. The van der Waals surface area contributed by atoms with Gasteiger partial charge in [0, 0.05) is 51.1 Å². The fourth-order valence-electron chi connectivity index (χ4n) is 3.99. The summed E-state index contributed by atoms with van der Waals surface area (Å²) in [6.45, 7) is 5.00. The van der Waals surface area contributed by atoms with Crippen LogP contribution in [0.2, 0.25) is 0 Å². The van der Waals surface area contributed by atoms with Crippen molar-refractivity contribution in [3.05, 3.63) is 53.2 Å². The zero-order chi connectivity index (χ0) is 21.1. The van der Waals surface area contributed by atoms with Crippen molar-refractivity contribution in [2.24, 2.45) is 14.1 Å². The van der Waals surface area contributed by atoms with Crippen LogP contribution in [0.3, 0.4) is 0 Å². The number of ketones is 1. The number of benzene rings is 1. The molecule has 3 aromatic rings. The van der Waals surface area contributed by atoms with Crippen LogP contribution in [-0.2, 0) is 27.1 Å². The zero-order valence-corrected chi connectivity index (χ0v) is 18.8. The topological polar surface area (TPSA) is 56.0 Å². The summed E-state index contributed by atoms with van der Waals surface area (Å²) in [5.41, 5.74) is 4.63. The van der Waals surface area contributed by atoms with Crippen molar-refractivity contribution in [3.63, 3.8) is 0 Å². The van der Waals surface area contributed by atoms with Gasteiger partial charge in [0.2, 0.25) is 0 Å². The van der Waals surface area contributed by atoms with Gasteiger partial charge in [0.25, 0.3) is 0 Å². The van der Waals surface area contributed by atoms with Crippen molar-refractivity contribution >= 4 is 17.5 Å². The quantitative estimate of drug-likeness (QED) is 0.312. The summed E-state index contributed by atoms with van der Waals surface area (Å²) < 4.78 is 4.13. The summed E-state index contributed by atoms with van der Waals surface area (Å²) in [4.78, 5) is 14.5. The van der Waals surface area contributed by atoms with E-state index in [1.165, 1.54) is 11.1 Å². The van der Waals surface area contributed by atoms with Gasteiger partial charge in [-0.3, -0.25) is 9.69 Å². The molecule has 0 N–H and O–H groups in total. The summed E-state index contributed by atoms with van der Waals surface area (Å²) in [5.74, 6) is 2.14. The van der Waals surface area contributed by atoms with Crippen LogP contribution in [0.15, 0.2) is 41.7 Å². The molecule has 1 aliphatic rings. The van der Waals surface area contributed by atoms with Crippen LogP contribution < -0.4 is 0 Å². The molecule has 0 fully saturated rings. The normalized spacial score (nSPS) is 14.1. The van der Waals surface area contributed by atoms with Crippen LogP contribution in [0, 0.1) is 0 Å². The zero-order valence-electron chi connectivity index (χ0n) is 18.0. The predicted molar refractivity (Wildman–Crippen MR) is 121 cm³/mol. The number of aryl methyl sites for hydroxylation is 1. The number of nitrogens with zero attached hydrogens (tertiary/aromatic N) is 5. The van der Waals surface area contributed by atoms with E-state index in [9.17, 15) is 4.79 Å². The Morgan fingerprint density at radius 2 is 2.03 bits per heavy atom. The molecule has 6 nitrogen and oxygen atoms in total. The number of Topliss-reactive ketones (excluding diaryl/α,β-unsaturated/α-hetero) is 1. The molecule has 0 saturated carbocycles. The molecule has 1 aromatic carbocycles. The van der Waals surface area contributed by atoms with E-state index in [4.69, 9.17) is 0 Å². The molecule has 4 rings (SSSR count). The third-order valence-electron chi connectivity index (χ3n) is 5.80. The molecule has 0 unspecified atom stereocenters. The summed E-state index contributed by atoms with van der Waals surface area (Å²) in [5, 5.41) is 9.71. The molecular formula is C23H29N5OS. The van der Waals surface area contributed by atoms with Gasteiger partial charge in [-0.25, -0.2) is 0 Å². The Balaban J connectivity index is 1.29. The summed E-state index contributed by atoms with van der Waals surface area (Å²) in [6, 6.07) is 10.3. The highest BCUT2D eigenvalue weighted by atomic mass is 32.2. The van der Waals surface area contributed by atoms with Crippen LogP contribution in [0.1, 0.15) is 41.3 Å². The molecule has 0 radical (unpaired) electrons. The third-order valence-corrected chi connectivity index (χ3v) is 6.90. The van der Waals surface area contributed by atoms with Crippen molar-refractivity contribution in [1.29, 1.82) is 0 Å². The summed E-state index contributed by atoms with van der Waals surface area (Å²) in [6.07, 6.45) is 4.74. The lowest BCUT2D eigenvalue weighted by Gasteiger charge is -2.29. The van der Waals surface area contributed by atoms with Gasteiger partial charge in [0.05, 0.1) is 5.69 Å². The molecule has 0 amide bonds. The molecule has 0 saturated heterocycles. The van der Waals surface area contributed by atoms with E-state index in [1.54, 1.807) is 11.8 Å². The fraction of sp³-hybridized carbons (Fsp3) is 0.435. The minimum Gasteiger partial charge on any atom is -0.348 e. The number of hydrogen-bond acceptors (Lipinski definition) is 5. The average molecular weight is 424 g/mol. The Hall–Kier alpha value is -2.38. The Morgan fingerprint density at radius 1 is 1.17 bits per heavy atom. The number of aromatic nitrogens is 4. The third kappa shape index (κ3) is 4.37. The van der Waals surface area contributed by atoms with E-state index in [0.717, 1.165) is 60.5 Å². The van der Waals surface area contributed by atoms with Crippen LogP contribution in [0.4, 0.5) is 0 Å². The first-order chi connectivity index (χ1) is 14.6. The van der Waals surface area contributed by atoms with E-state index in [-0.39, 0.29) is 5.78 Å². The molecule has 7 heteroatoms. The highest BCUT2D eigenvalue weighted by molar-refractivity contribution is 7.99. The Morgan fingerprint density at radius 3 is 2.80 bits per heavy atom. The number of rotatable bonds is 8. The molecule has 3 heterocycles. The van der Waals surface area contributed by atoms with Crippen LogP contribution in [0.5, 0.6) is 0 Å². The Kier molecular flexibility index (Phi) is 6.39. The predicted octanol–water partition coefficient (Wildman–Crippen LogP) is 3.95. The highest BCUT2D eigenvalue weighted by Gasteiger charge is 2.18. The second-order valence-corrected chi connectivity index (χ2v) is 8.92. The number of carbonyl (C=O) groups is 1. The number of carbonyl (C=O) groups excluding carboxylic acids is 1. The molecule has 0 bridgehead atoms. The standard InChI is InChI=1S/C23H29N5OS/c1-4-21(29)18-9-8-17-10-13-28(16-19(17)15-18)12-6-14-30-23-25-24-22(27(23)3)20-7-5-11-26(20)2/h5,7-9,11,15H,4,6,10,12-14,16H2,1-3H3. The number of thioether (sulfide) groups is 1. The summed E-state index contributed by atoms with van der Waals surface area (Å²) in [7, 11) is 4.05. The maximum atomic E-state index is 12.0. The maximum absolute atomic E-state index is 12.0. The van der Waals surface area contributed by atoms with Crippen molar-refractivity contribution in [2.45, 2.75) is 37.9 Å². The van der Waals surface area contributed by atoms with Gasteiger partial charge >= 0.3 is 0 Å². The average Bonchev–Trinajstić information content (AvgIpc) is 3.34. The van der Waals surface area contributed by atoms with E-state index >= 15 is 0 Å². The van der Waals surface area contributed by atoms with E-state index in [2.05, 4.69) is 42.4 Å². The lowest BCUT2D eigenvalue weighted by atomic mass is 9.95. The van der Waals surface area contributed by atoms with E-state index < -0.39 is 0 Å². The number of fused-ring (bicyclic) bond motifs is 1. The van der Waals surface area contributed by atoms with Gasteiger partial charge in [-0.15, -0.1) is 10.2 Å². The Bertz CT molecular complexity index is 1040.